The van der Waals surface area contributed by atoms with Crippen molar-refractivity contribution < 1.29 is 17.9 Å². The van der Waals surface area contributed by atoms with Gasteiger partial charge in [-0.25, -0.2) is 13.1 Å². The number of methoxy groups -OCH3 is 1. The van der Waals surface area contributed by atoms with Crippen molar-refractivity contribution in [3.63, 3.8) is 0 Å². The van der Waals surface area contributed by atoms with Crippen LogP contribution in [0.1, 0.15) is 16.1 Å². The summed E-state index contributed by atoms with van der Waals surface area (Å²) in [6.45, 7) is 0.859. The number of carbonyl (C=O) groups is 1. The van der Waals surface area contributed by atoms with Crippen LogP contribution >= 0.6 is 0 Å². The van der Waals surface area contributed by atoms with Crippen molar-refractivity contribution in [1.29, 1.82) is 0 Å². The van der Waals surface area contributed by atoms with E-state index in [-0.39, 0.29) is 24.0 Å². The van der Waals surface area contributed by atoms with Crippen molar-refractivity contribution >= 4 is 15.9 Å². The molecule has 0 fully saturated rings. The van der Waals surface area contributed by atoms with Crippen molar-refractivity contribution in [1.82, 2.24) is 19.8 Å². The molecule has 2 aromatic rings. The Morgan fingerprint density at radius 1 is 1.29 bits per heavy atom. The topological polar surface area (TPSA) is 104 Å². The Labute approximate surface area is 140 Å². The number of benzene rings is 1. The molecule has 0 aliphatic heterocycles. The van der Waals surface area contributed by atoms with E-state index in [2.05, 4.69) is 14.9 Å². The highest BCUT2D eigenvalue weighted by Gasteiger charge is 2.16. The maximum atomic E-state index is 12.4. The fraction of sp³-hybridized carbons (Fsp3) is 0.333. The van der Waals surface area contributed by atoms with Crippen molar-refractivity contribution in [3.8, 4) is 0 Å². The van der Waals surface area contributed by atoms with Gasteiger partial charge in [0.05, 0.1) is 23.7 Å². The van der Waals surface area contributed by atoms with Crippen LogP contribution < -0.4 is 4.72 Å². The van der Waals surface area contributed by atoms with E-state index in [1.165, 1.54) is 36.3 Å². The zero-order chi connectivity index (χ0) is 17.6. The third-order valence-corrected chi connectivity index (χ3v) is 4.80. The van der Waals surface area contributed by atoms with Crippen LogP contribution in [0.3, 0.4) is 0 Å². The second kappa shape index (κ2) is 8.04. The summed E-state index contributed by atoms with van der Waals surface area (Å²) in [6, 6.07) is 7.59. The summed E-state index contributed by atoms with van der Waals surface area (Å²) in [5, 5.41) is 6.62. The Kier molecular flexibility index (Phi) is 6.07. The van der Waals surface area contributed by atoms with Crippen molar-refractivity contribution in [2.24, 2.45) is 0 Å². The molecule has 9 heteroatoms. The average Bonchev–Trinajstić information content (AvgIpc) is 3.07. The zero-order valence-electron chi connectivity index (χ0n) is 13.5. The molecular weight excluding hydrogens is 332 g/mol. The molecule has 0 atom stereocenters. The second-order valence-electron chi connectivity index (χ2n) is 5.16. The highest BCUT2D eigenvalue weighted by atomic mass is 32.2. The van der Waals surface area contributed by atoms with E-state index >= 15 is 0 Å². The SMILES string of the molecule is COCCNS(=O)(=O)c1ccc(C(=O)N(C)Cc2ccn[nH]2)cc1. The Hall–Kier alpha value is -2.23. The van der Waals surface area contributed by atoms with Gasteiger partial charge in [-0.1, -0.05) is 0 Å². The van der Waals surface area contributed by atoms with Gasteiger partial charge in [0.15, 0.2) is 0 Å². The number of carbonyl (C=O) groups excluding carboxylic acids is 1. The lowest BCUT2D eigenvalue weighted by Crippen LogP contribution is -2.28. The molecule has 0 aliphatic carbocycles. The van der Waals surface area contributed by atoms with Crippen LogP contribution in [0.2, 0.25) is 0 Å². The van der Waals surface area contributed by atoms with Crippen molar-refractivity contribution in [3.05, 3.63) is 47.8 Å². The lowest BCUT2D eigenvalue weighted by Gasteiger charge is -2.16. The lowest BCUT2D eigenvalue weighted by molar-refractivity contribution is 0.0783. The monoisotopic (exact) mass is 352 g/mol. The van der Waals surface area contributed by atoms with Gasteiger partial charge in [-0.05, 0) is 30.3 Å². The van der Waals surface area contributed by atoms with Gasteiger partial charge in [0.25, 0.3) is 5.91 Å². The molecule has 0 saturated carbocycles. The van der Waals surface area contributed by atoms with Gasteiger partial charge in [-0.2, -0.15) is 5.10 Å². The first-order valence-corrected chi connectivity index (χ1v) is 8.75. The summed E-state index contributed by atoms with van der Waals surface area (Å²) in [4.78, 5) is 14.0. The predicted octanol–water partition coefficient (Wildman–Crippen LogP) is 0.607. The molecule has 1 aromatic heterocycles. The summed E-state index contributed by atoms with van der Waals surface area (Å²) in [5.41, 5.74) is 1.22. The smallest absolute Gasteiger partial charge is 0.253 e. The van der Waals surface area contributed by atoms with Gasteiger partial charge in [0.2, 0.25) is 10.0 Å². The number of nitrogens with zero attached hydrogens (tertiary/aromatic N) is 2. The highest BCUT2D eigenvalue weighted by molar-refractivity contribution is 7.89. The molecule has 0 spiro atoms. The Morgan fingerprint density at radius 3 is 2.58 bits per heavy atom. The van der Waals surface area contributed by atoms with Crippen molar-refractivity contribution in [2.75, 3.05) is 27.3 Å². The number of rotatable bonds is 8. The molecule has 1 aromatic carbocycles. The van der Waals surface area contributed by atoms with Crippen LogP contribution in [0.25, 0.3) is 0 Å². The van der Waals surface area contributed by atoms with Gasteiger partial charge in [-0.3, -0.25) is 9.89 Å². The molecule has 2 rings (SSSR count). The number of H-pyrrole nitrogens is 1. The fourth-order valence-electron chi connectivity index (χ4n) is 2.06. The molecule has 1 heterocycles. The van der Waals surface area contributed by atoms with Crippen LogP contribution in [-0.2, 0) is 21.3 Å². The molecule has 0 aliphatic rings. The Morgan fingerprint density at radius 2 is 2.00 bits per heavy atom. The van der Waals surface area contributed by atoms with Gasteiger partial charge in [0, 0.05) is 32.5 Å². The highest BCUT2D eigenvalue weighted by Crippen LogP contribution is 2.12. The number of aromatic nitrogens is 2. The first-order valence-electron chi connectivity index (χ1n) is 7.26. The van der Waals surface area contributed by atoms with Gasteiger partial charge < -0.3 is 9.64 Å². The first kappa shape index (κ1) is 18.1. The normalized spacial score (nSPS) is 11.4. The third kappa shape index (κ3) is 4.63. The van der Waals surface area contributed by atoms with E-state index in [1.54, 1.807) is 19.3 Å². The van der Waals surface area contributed by atoms with E-state index in [4.69, 9.17) is 4.74 Å². The molecule has 24 heavy (non-hydrogen) atoms. The molecule has 0 radical (unpaired) electrons. The lowest BCUT2D eigenvalue weighted by atomic mass is 10.2. The van der Waals surface area contributed by atoms with Gasteiger partial charge in [-0.15, -0.1) is 0 Å². The maximum absolute atomic E-state index is 12.4. The van der Waals surface area contributed by atoms with Crippen LogP contribution in [0.5, 0.6) is 0 Å². The number of amides is 1. The third-order valence-electron chi connectivity index (χ3n) is 3.32. The molecule has 0 bridgehead atoms. The molecule has 0 saturated heterocycles. The van der Waals surface area contributed by atoms with Crippen LogP contribution in [-0.4, -0.2) is 56.7 Å². The molecular formula is C15H20N4O4S. The standard InChI is InChI=1S/C15H20N4O4S/c1-19(11-13-7-8-16-18-13)15(20)12-3-5-14(6-4-12)24(21,22)17-9-10-23-2/h3-8,17H,9-11H2,1-2H3,(H,16,18). The maximum Gasteiger partial charge on any atom is 0.253 e. The Bertz CT molecular complexity index is 757. The van der Waals surface area contributed by atoms with E-state index in [9.17, 15) is 13.2 Å². The molecule has 0 unspecified atom stereocenters. The molecule has 1 amide bonds. The van der Waals surface area contributed by atoms with E-state index < -0.39 is 10.0 Å². The predicted molar refractivity (Wildman–Crippen MR) is 87.9 cm³/mol. The summed E-state index contributed by atoms with van der Waals surface area (Å²) in [7, 11) is -0.443. The summed E-state index contributed by atoms with van der Waals surface area (Å²) >= 11 is 0. The van der Waals surface area contributed by atoms with Gasteiger partial charge in [0.1, 0.15) is 0 Å². The van der Waals surface area contributed by atoms with Crippen molar-refractivity contribution in [2.45, 2.75) is 11.4 Å². The average molecular weight is 352 g/mol. The summed E-state index contributed by atoms with van der Waals surface area (Å²) < 4.78 is 31.3. The van der Waals surface area contributed by atoms with E-state index in [0.29, 0.717) is 12.1 Å². The number of ether oxygens (including phenoxy) is 1. The number of hydrogen-bond acceptors (Lipinski definition) is 5. The Balaban J connectivity index is 2.04. The van der Waals surface area contributed by atoms with E-state index in [1.807, 2.05) is 0 Å². The number of nitrogens with one attached hydrogen (secondary N) is 2. The van der Waals surface area contributed by atoms with E-state index in [0.717, 1.165) is 5.69 Å². The quantitative estimate of drug-likeness (QED) is 0.677. The minimum Gasteiger partial charge on any atom is -0.383 e. The zero-order valence-corrected chi connectivity index (χ0v) is 14.3. The number of hydrogen-bond donors (Lipinski definition) is 2. The number of sulfonamides is 1. The van der Waals surface area contributed by atoms with Crippen LogP contribution in [0.15, 0.2) is 41.4 Å². The summed E-state index contributed by atoms with van der Waals surface area (Å²) in [5.74, 6) is -0.208. The summed E-state index contributed by atoms with van der Waals surface area (Å²) in [6.07, 6.45) is 1.61. The molecule has 130 valence electrons. The van der Waals surface area contributed by atoms with Gasteiger partial charge >= 0.3 is 0 Å². The van der Waals surface area contributed by atoms with Crippen LogP contribution in [0, 0.1) is 0 Å². The minimum absolute atomic E-state index is 0.103. The fourth-order valence-corrected chi connectivity index (χ4v) is 3.07. The molecule has 2 N–H and O–H groups in total. The molecule has 8 nitrogen and oxygen atoms in total. The number of aromatic amines is 1. The minimum atomic E-state index is -3.60. The largest absolute Gasteiger partial charge is 0.383 e. The second-order valence-corrected chi connectivity index (χ2v) is 6.92. The first-order chi connectivity index (χ1) is 11.4. The van der Waals surface area contributed by atoms with Crippen LogP contribution in [0.4, 0.5) is 0 Å².